The van der Waals surface area contributed by atoms with Crippen LogP contribution in [0.25, 0.3) is 11.0 Å². The smallest absolute Gasteiger partial charge is 0.251 e. The Morgan fingerprint density at radius 1 is 1.16 bits per heavy atom. The highest BCUT2D eigenvalue weighted by atomic mass is 32.2. The third kappa shape index (κ3) is 4.63. The second-order valence-electron chi connectivity index (χ2n) is 7.79. The highest BCUT2D eigenvalue weighted by molar-refractivity contribution is 7.89. The molecular formula is C23H30N4O4S. The number of methoxy groups -OCH3 is 1. The second kappa shape index (κ2) is 9.70. The van der Waals surface area contributed by atoms with Crippen molar-refractivity contribution in [2.45, 2.75) is 38.6 Å². The summed E-state index contributed by atoms with van der Waals surface area (Å²) in [4.78, 5) is 21.0. The number of para-hydroxylation sites is 2. The maximum atomic E-state index is 13.1. The summed E-state index contributed by atoms with van der Waals surface area (Å²) in [6, 6.07) is 11.7. The minimum atomic E-state index is -3.80. The highest BCUT2D eigenvalue weighted by Gasteiger charge is 2.28. The fourth-order valence-electron chi connectivity index (χ4n) is 3.62. The number of imidazole rings is 1. The number of aromatic amines is 1. The van der Waals surface area contributed by atoms with E-state index in [1.807, 2.05) is 38.1 Å². The van der Waals surface area contributed by atoms with E-state index in [0.29, 0.717) is 18.9 Å². The largest absolute Gasteiger partial charge is 0.495 e. The molecule has 0 fully saturated rings. The first-order valence-corrected chi connectivity index (χ1v) is 12.1. The number of nitrogens with zero attached hydrogens (tertiary/aromatic N) is 2. The number of rotatable bonds is 9. The van der Waals surface area contributed by atoms with Crippen molar-refractivity contribution in [2.24, 2.45) is 5.92 Å². The third-order valence-electron chi connectivity index (χ3n) is 5.40. The average Bonchev–Trinajstić information content (AvgIpc) is 3.21. The molecule has 3 aromatic rings. The van der Waals surface area contributed by atoms with Gasteiger partial charge in [0.15, 0.2) is 0 Å². The van der Waals surface area contributed by atoms with E-state index >= 15 is 0 Å². The van der Waals surface area contributed by atoms with Crippen LogP contribution in [0.4, 0.5) is 0 Å². The number of sulfonamides is 1. The van der Waals surface area contributed by atoms with Crippen LogP contribution in [0.1, 0.15) is 49.9 Å². The molecule has 8 nitrogen and oxygen atoms in total. The molecule has 1 aromatic heterocycles. The zero-order chi connectivity index (χ0) is 23.5. The third-order valence-corrected chi connectivity index (χ3v) is 7.48. The predicted molar refractivity (Wildman–Crippen MR) is 124 cm³/mol. The summed E-state index contributed by atoms with van der Waals surface area (Å²) < 4.78 is 32.8. The van der Waals surface area contributed by atoms with Gasteiger partial charge in [-0.2, -0.15) is 4.31 Å². The van der Waals surface area contributed by atoms with Crippen LogP contribution < -0.4 is 10.1 Å². The molecule has 1 heterocycles. The van der Waals surface area contributed by atoms with Crippen molar-refractivity contribution in [1.82, 2.24) is 19.6 Å². The number of fused-ring (bicyclic) bond motifs is 1. The Kier molecular flexibility index (Phi) is 7.20. The van der Waals surface area contributed by atoms with E-state index in [0.717, 1.165) is 11.0 Å². The summed E-state index contributed by atoms with van der Waals surface area (Å²) >= 11 is 0. The molecule has 0 aliphatic heterocycles. The quantitative estimate of drug-likeness (QED) is 0.508. The van der Waals surface area contributed by atoms with Gasteiger partial charge in [-0.3, -0.25) is 4.79 Å². The standard InChI is InChI=1S/C23H30N4O4S/c1-6-27(7-2)32(29,30)20-14-16(12-13-19(20)31-5)23(28)26-21(15(3)4)22-24-17-10-8-9-11-18(17)25-22/h8-15,21H,6-7H2,1-5H3,(H,24,25)(H,26,28)/t21-/m0/s1. The zero-order valence-corrected chi connectivity index (χ0v) is 19.9. The molecule has 3 rings (SSSR count). The van der Waals surface area contributed by atoms with Crippen LogP contribution in [0, 0.1) is 5.92 Å². The van der Waals surface area contributed by atoms with Crippen molar-refractivity contribution in [3.8, 4) is 5.75 Å². The fourth-order valence-corrected chi connectivity index (χ4v) is 5.26. The van der Waals surface area contributed by atoms with Crippen LogP contribution in [0.15, 0.2) is 47.4 Å². The molecule has 2 aromatic carbocycles. The lowest BCUT2D eigenvalue weighted by molar-refractivity contribution is 0.0923. The Morgan fingerprint density at radius 2 is 1.84 bits per heavy atom. The maximum Gasteiger partial charge on any atom is 0.251 e. The van der Waals surface area contributed by atoms with Crippen molar-refractivity contribution >= 4 is 27.0 Å². The normalized spacial score (nSPS) is 13.0. The Bertz CT molecular complexity index is 1170. The summed E-state index contributed by atoms with van der Waals surface area (Å²) in [6.45, 7) is 8.15. The van der Waals surface area contributed by atoms with Gasteiger partial charge in [-0.25, -0.2) is 13.4 Å². The summed E-state index contributed by atoms with van der Waals surface area (Å²) in [5, 5.41) is 3.00. The molecule has 172 valence electrons. The minimum absolute atomic E-state index is 0.0267. The minimum Gasteiger partial charge on any atom is -0.495 e. The van der Waals surface area contributed by atoms with Gasteiger partial charge in [0.05, 0.1) is 24.2 Å². The number of amides is 1. The Labute approximate surface area is 189 Å². The van der Waals surface area contributed by atoms with Crippen LogP contribution in [-0.4, -0.2) is 48.8 Å². The molecule has 0 radical (unpaired) electrons. The molecule has 0 spiro atoms. The van der Waals surface area contributed by atoms with E-state index < -0.39 is 10.0 Å². The number of benzene rings is 2. The molecule has 32 heavy (non-hydrogen) atoms. The van der Waals surface area contributed by atoms with Gasteiger partial charge in [-0.1, -0.05) is 39.8 Å². The van der Waals surface area contributed by atoms with Crippen LogP contribution in [-0.2, 0) is 10.0 Å². The van der Waals surface area contributed by atoms with Gasteiger partial charge in [0.2, 0.25) is 10.0 Å². The van der Waals surface area contributed by atoms with Crippen LogP contribution in [0.3, 0.4) is 0 Å². The summed E-state index contributed by atoms with van der Waals surface area (Å²) in [6.07, 6.45) is 0. The van der Waals surface area contributed by atoms with Crippen molar-refractivity contribution in [3.63, 3.8) is 0 Å². The van der Waals surface area contributed by atoms with Gasteiger partial charge in [0, 0.05) is 18.7 Å². The topological polar surface area (TPSA) is 104 Å². The number of carbonyl (C=O) groups excluding carboxylic acids is 1. The average molecular weight is 459 g/mol. The Balaban J connectivity index is 1.95. The van der Waals surface area contributed by atoms with E-state index in [9.17, 15) is 13.2 Å². The SMILES string of the molecule is CCN(CC)S(=O)(=O)c1cc(C(=O)N[C@H](c2nc3ccccc3[nH]2)C(C)C)ccc1OC. The highest BCUT2D eigenvalue weighted by Crippen LogP contribution is 2.29. The molecule has 0 aliphatic carbocycles. The second-order valence-corrected chi connectivity index (χ2v) is 9.70. The molecule has 9 heteroatoms. The van der Waals surface area contributed by atoms with Gasteiger partial charge < -0.3 is 15.0 Å². The number of aromatic nitrogens is 2. The first-order valence-electron chi connectivity index (χ1n) is 10.7. The summed E-state index contributed by atoms with van der Waals surface area (Å²) in [5.41, 5.74) is 1.94. The van der Waals surface area contributed by atoms with E-state index in [1.165, 1.54) is 23.5 Å². The van der Waals surface area contributed by atoms with Gasteiger partial charge >= 0.3 is 0 Å². The number of carbonyl (C=O) groups is 1. The zero-order valence-electron chi connectivity index (χ0n) is 19.0. The van der Waals surface area contributed by atoms with Crippen LogP contribution in [0.5, 0.6) is 5.75 Å². The fraction of sp³-hybridized carbons (Fsp3) is 0.391. The van der Waals surface area contributed by atoms with Crippen molar-refractivity contribution < 1.29 is 17.9 Å². The molecular weight excluding hydrogens is 428 g/mol. The van der Waals surface area contributed by atoms with Gasteiger partial charge in [0.1, 0.15) is 16.5 Å². The number of nitrogens with one attached hydrogen (secondary N) is 2. The van der Waals surface area contributed by atoms with Gasteiger partial charge in [-0.15, -0.1) is 0 Å². The molecule has 0 aliphatic rings. The predicted octanol–water partition coefficient (Wildman–Crippen LogP) is 3.73. The molecule has 0 bridgehead atoms. The lowest BCUT2D eigenvalue weighted by Crippen LogP contribution is -2.33. The first-order chi connectivity index (χ1) is 15.2. The summed E-state index contributed by atoms with van der Waals surface area (Å²) in [5.74, 6) is 0.518. The molecule has 1 atom stereocenters. The van der Waals surface area contributed by atoms with Crippen molar-refractivity contribution in [1.29, 1.82) is 0 Å². The molecule has 0 saturated carbocycles. The number of hydrogen-bond donors (Lipinski definition) is 2. The molecule has 2 N–H and O–H groups in total. The molecule has 0 saturated heterocycles. The molecule has 0 unspecified atom stereocenters. The van der Waals surface area contributed by atoms with Gasteiger partial charge in [-0.05, 0) is 36.2 Å². The maximum absolute atomic E-state index is 13.1. The van der Waals surface area contributed by atoms with Crippen molar-refractivity contribution in [2.75, 3.05) is 20.2 Å². The van der Waals surface area contributed by atoms with E-state index in [-0.39, 0.29) is 34.1 Å². The van der Waals surface area contributed by atoms with E-state index in [4.69, 9.17) is 4.74 Å². The monoisotopic (exact) mass is 458 g/mol. The number of H-pyrrole nitrogens is 1. The van der Waals surface area contributed by atoms with E-state index in [2.05, 4.69) is 15.3 Å². The Morgan fingerprint density at radius 3 is 2.44 bits per heavy atom. The lowest BCUT2D eigenvalue weighted by atomic mass is 10.0. The van der Waals surface area contributed by atoms with Crippen molar-refractivity contribution in [3.05, 3.63) is 53.9 Å². The lowest BCUT2D eigenvalue weighted by Gasteiger charge is -2.22. The van der Waals surface area contributed by atoms with Crippen LogP contribution in [0.2, 0.25) is 0 Å². The van der Waals surface area contributed by atoms with Crippen LogP contribution >= 0.6 is 0 Å². The number of ether oxygens (including phenoxy) is 1. The van der Waals surface area contributed by atoms with Gasteiger partial charge in [0.25, 0.3) is 5.91 Å². The van der Waals surface area contributed by atoms with E-state index in [1.54, 1.807) is 19.9 Å². The summed E-state index contributed by atoms with van der Waals surface area (Å²) in [7, 11) is -2.40. The number of hydrogen-bond acceptors (Lipinski definition) is 5. The molecule has 1 amide bonds. The Hall–Kier alpha value is -2.91. The first kappa shape index (κ1) is 23.7.